The average Bonchev–Trinajstić information content (AvgIpc) is 2.52. The summed E-state index contributed by atoms with van der Waals surface area (Å²) in [5, 5.41) is 3.54. The summed E-state index contributed by atoms with van der Waals surface area (Å²) in [4.78, 5) is 2.54. The molecule has 1 aromatic rings. The number of fused-ring (bicyclic) bond motifs is 1. The first kappa shape index (κ1) is 16.3. The van der Waals surface area contributed by atoms with Gasteiger partial charge >= 0.3 is 0 Å². The molecule has 3 atom stereocenters. The van der Waals surface area contributed by atoms with Gasteiger partial charge in [0.2, 0.25) is 0 Å². The molecule has 0 amide bonds. The normalized spacial score (nSPS) is 23.0. The Morgan fingerprint density at radius 3 is 2.81 bits per heavy atom. The van der Waals surface area contributed by atoms with Crippen LogP contribution in [0.5, 0.6) is 5.75 Å². The summed E-state index contributed by atoms with van der Waals surface area (Å²) in [6.45, 7) is 5.78. The van der Waals surface area contributed by atoms with Crippen molar-refractivity contribution in [3.63, 3.8) is 0 Å². The summed E-state index contributed by atoms with van der Waals surface area (Å²) in [6, 6.07) is 7.46. The first-order valence-corrected chi connectivity index (χ1v) is 8.15. The Hall–Kier alpha value is -1.06. The van der Waals surface area contributed by atoms with Crippen LogP contribution in [0, 0.1) is 5.92 Å². The van der Waals surface area contributed by atoms with Gasteiger partial charge in [-0.1, -0.05) is 26.3 Å². The average molecular weight is 290 g/mol. The second-order valence-electron chi connectivity index (χ2n) is 6.39. The molecular weight excluding hydrogens is 260 g/mol. The molecule has 0 spiro atoms. The van der Waals surface area contributed by atoms with Crippen molar-refractivity contribution in [1.29, 1.82) is 0 Å². The predicted molar refractivity (Wildman–Crippen MR) is 89.0 cm³/mol. The van der Waals surface area contributed by atoms with Gasteiger partial charge in [-0.15, -0.1) is 0 Å². The van der Waals surface area contributed by atoms with Crippen LogP contribution in [0.3, 0.4) is 0 Å². The number of rotatable bonds is 6. The van der Waals surface area contributed by atoms with Crippen LogP contribution in [0.4, 0.5) is 0 Å². The number of benzene rings is 1. The minimum atomic E-state index is 0.387. The summed E-state index contributed by atoms with van der Waals surface area (Å²) in [6.07, 6.45) is 3.62. The molecule has 1 N–H and O–H groups in total. The van der Waals surface area contributed by atoms with Crippen molar-refractivity contribution in [3.05, 3.63) is 29.3 Å². The highest BCUT2D eigenvalue weighted by atomic mass is 16.5. The standard InChI is InChI=1S/C18H30N2O/c1-6-13(2)12-20(4)17-10-8-14-7-9-15(21-5)11-16(14)18(17)19-3/h7,9,11,13,17-19H,6,8,10,12H2,1-5H3. The van der Waals surface area contributed by atoms with Gasteiger partial charge in [0.05, 0.1) is 7.11 Å². The van der Waals surface area contributed by atoms with Crippen LogP contribution in [0.1, 0.15) is 43.9 Å². The van der Waals surface area contributed by atoms with Gasteiger partial charge in [-0.2, -0.15) is 0 Å². The number of hydrogen-bond acceptors (Lipinski definition) is 3. The third kappa shape index (κ3) is 3.58. The van der Waals surface area contributed by atoms with Gasteiger partial charge in [0, 0.05) is 18.6 Å². The van der Waals surface area contributed by atoms with E-state index in [4.69, 9.17) is 4.74 Å². The summed E-state index contributed by atoms with van der Waals surface area (Å²) in [7, 11) is 6.08. The van der Waals surface area contributed by atoms with E-state index >= 15 is 0 Å². The molecule has 0 saturated heterocycles. The van der Waals surface area contributed by atoms with Gasteiger partial charge in [-0.3, -0.25) is 0 Å². The van der Waals surface area contributed by atoms with Crippen LogP contribution in [0.25, 0.3) is 0 Å². The highest BCUT2D eigenvalue weighted by Crippen LogP contribution is 2.35. The molecule has 0 radical (unpaired) electrons. The van der Waals surface area contributed by atoms with Gasteiger partial charge in [0.15, 0.2) is 0 Å². The molecule has 3 nitrogen and oxygen atoms in total. The molecule has 3 heteroatoms. The monoisotopic (exact) mass is 290 g/mol. The van der Waals surface area contributed by atoms with E-state index in [1.54, 1.807) is 7.11 Å². The molecule has 1 aliphatic rings. The van der Waals surface area contributed by atoms with Gasteiger partial charge in [0.25, 0.3) is 0 Å². The third-order valence-corrected chi connectivity index (χ3v) is 4.96. The molecule has 21 heavy (non-hydrogen) atoms. The van der Waals surface area contributed by atoms with Crippen LogP contribution in [0.15, 0.2) is 18.2 Å². The van der Waals surface area contributed by atoms with Crippen molar-refractivity contribution in [3.8, 4) is 5.75 Å². The smallest absolute Gasteiger partial charge is 0.119 e. The Morgan fingerprint density at radius 2 is 2.19 bits per heavy atom. The zero-order chi connectivity index (χ0) is 15.4. The Morgan fingerprint density at radius 1 is 1.43 bits per heavy atom. The first-order valence-electron chi connectivity index (χ1n) is 8.15. The lowest BCUT2D eigenvalue weighted by atomic mass is 9.83. The van der Waals surface area contributed by atoms with E-state index in [9.17, 15) is 0 Å². The second kappa shape index (κ2) is 7.28. The van der Waals surface area contributed by atoms with Crippen LogP contribution >= 0.6 is 0 Å². The zero-order valence-corrected chi connectivity index (χ0v) is 14.1. The first-order chi connectivity index (χ1) is 10.1. The van der Waals surface area contributed by atoms with Crippen molar-refractivity contribution in [1.82, 2.24) is 10.2 Å². The molecule has 2 rings (SSSR count). The quantitative estimate of drug-likeness (QED) is 0.870. The van der Waals surface area contributed by atoms with E-state index in [1.807, 2.05) is 0 Å². The molecule has 0 heterocycles. The molecule has 0 saturated carbocycles. The Bertz CT molecular complexity index is 461. The number of methoxy groups -OCH3 is 1. The van der Waals surface area contributed by atoms with Gasteiger partial charge in [-0.25, -0.2) is 0 Å². The van der Waals surface area contributed by atoms with Crippen molar-refractivity contribution in [2.24, 2.45) is 5.92 Å². The minimum Gasteiger partial charge on any atom is -0.497 e. The van der Waals surface area contributed by atoms with Crippen molar-refractivity contribution >= 4 is 0 Å². The Labute approximate surface area is 129 Å². The lowest BCUT2D eigenvalue weighted by Gasteiger charge is -2.40. The Kier molecular flexibility index (Phi) is 5.65. The molecule has 1 aliphatic carbocycles. The maximum atomic E-state index is 5.41. The second-order valence-corrected chi connectivity index (χ2v) is 6.39. The van der Waals surface area contributed by atoms with Crippen LogP contribution in [-0.4, -0.2) is 38.7 Å². The Balaban J connectivity index is 2.22. The summed E-state index contributed by atoms with van der Waals surface area (Å²) in [5.74, 6) is 1.71. The fourth-order valence-corrected chi connectivity index (χ4v) is 3.47. The number of nitrogens with one attached hydrogen (secondary N) is 1. The van der Waals surface area contributed by atoms with Gasteiger partial charge in [0.1, 0.15) is 5.75 Å². The molecule has 1 aromatic carbocycles. The number of hydrogen-bond donors (Lipinski definition) is 1. The number of ether oxygens (including phenoxy) is 1. The fraction of sp³-hybridized carbons (Fsp3) is 0.667. The van der Waals surface area contributed by atoms with E-state index < -0.39 is 0 Å². The van der Waals surface area contributed by atoms with E-state index in [1.165, 1.54) is 30.5 Å². The van der Waals surface area contributed by atoms with Crippen LogP contribution in [0.2, 0.25) is 0 Å². The topological polar surface area (TPSA) is 24.5 Å². The molecule has 0 aromatic heterocycles. The number of likely N-dealkylation sites (N-methyl/N-ethyl adjacent to an activating group) is 2. The highest BCUT2D eigenvalue weighted by molar-refractivity contribution is 5.40. The van der Waals surface area contributed by atoms with E-state index in [-0.39, 0.29) is 0 Å². The summed E-state index contributed by atoms with van der Waals surface area (Å²) in [5.41, 5.74) is 2.87. The third-order valence-electron chi connectivity index (χ3n) is 4.96. The molecule has 3 unspecified atom stereocenters. The summed E-state index contributed by atoms with van der Waals surface area (Å²) < 4.78 is 5.41. The number of nitrogens with zero attached hydrogens (tertiary/aromatic N) is 1. The molecule has 118 valence electrons. The van der Waals surface area contributed by atoms with Crippen LogP contribution < -0.4 is 10.1 Å². The van der Waals surface area contributed by atoms with E-state index in [0.29, 0.717) is 12.1 Å². The predicted octanol–water partition coefficient (Wildman–Crippen LogP) is 3.25. The van der Waals surface area contributed by atoms with Crippen molar-refractivity contribution in [2.75, 3.05) is 27.7 Å². The largest absolute Gasteiger partial charge is 0.497 e. The van der Waals surface area contributed by atoms with E-state index in [2.05, 4.69) is 56.4 Å². The SMILES string of the molecule is CCC(C)CN(C)C1CCc2ccc(OC)cc2C1NC. The van der Waals surface area contributed by atoms with Crippen molar-refractivity contribution < 1.29 is 4.74 Å². The lowest BCUT2D eigenvalue weighted by Crippen LogP contribution is -2.46. The highest BCUT2D eigenvalue weighted by Gasteiger charge is 2.31. The molecule has 0 fully saturated rings. The maximum Gasteiger partial charge on any atom is 0.119 e. The van der Waals surface area contributed by atoms with Gasteiger partial charge < -0.3 is 15.0 Å². The minimum absolute atomic E-state index is 0.387. The summed E-state index contributed by atoms with van der Waals surface area (Å²) >= 11 is 0. The molecule has 0 aliphatic heterocycles. The van der Waals surface area contributed by atoms with Crippen LogP contribution in [-0.2, 0) is 6.42 Å². The zero-order valence-electron chi connectivity index (χ0n) is 14.1. The lowest BCUT2D eigenvalue weighted by molar-refractivity contribution is 0.156. The fourth-order valence-electron chi connectivity index (χ4n) is 3.47. The molecule has 0 bridgehead atoms. The van der Waals surface area contributed by atoms with Gasteiger partial charge in [-0.05, 0) is 56.1 Å². The van der Waals surface area contributed by atoms with E-state index in [0.717, 1.165) is 18.1 Å². The number of aryl methyl sites for hydroxylation is 1. The maximum absolute atomic E-state index is 5.41. The van der Waals surface area contributed by atoms with Crippen molar-refractivity contribution in [2.45, 2.75) is 45.2 Å². The molecular formula is C18H30N2O.